The Balaban J connectivity index is 1.95. The van der Waals surface area contributed by atoms with Crippen molar-refractivity contribution in [2.75, 3.05) is 46.9 Å². The first-order chi connectivity index (χ1) is 13.4. The Kier molecular flexibility index (Phi) is 9.06. The zero-order chi connectivity index (χ0) is 20.5. The van der Waals surface area contributed by atoms with Crippen LogP contribution in [0.4, 0.5) is 0 Å². The van der Waals surface area contributed by atoms with E-state index in [1.165, 1.54) is 0 Å². The number of ether oxygens (including phenoxy) is 1. The van der Waals surface area contributed by atoms with Crippen LogP contribution in [0.3, 0.4) is 0 Å². The first-order valence-electron chi connectivity index (χ1n) is 10.5. The highest BCUT2D eigenvalue weighted by atomic mass is 16.5. The molecule has 0 bridgehead atoms. The minimum atomic E-state index is 0.431. The van der Waals surface area contributed by atoms with Crippen molar-refractivity contribution in [1.82, 2.24) is 20.4 Å². The summed E-state index contributed by atoms with van der Waals surface area (Å²) in [7, 11) is 4.10. The van der Waals surface area contributed by atoms with Crippen LogP contribution >= 0.6 is 0 Å². The molecule has 1 fully saturated rings. The number of hydrogen-bond donors (Lipinski definition) is 2. The van der Waals surface area contributed by atoms with Crippen LogP contribution < -0.4 is 15.4 Å². The van der Waals surface area contributed by atoms with Gasteiger partial charge in [0.05, 0.1) is 6.54 Å². The summed E-state index contributed by atoms with van der Waals surface area (Å²) in [5.41, 5.74) is 1.16. The normalized spacial score (nSPS) is 20.8. The van der Waals surface area contributed by atoms with Crippen LogP contribution in [0.15, 0.2) is 29.3 Å². The van der Waals surface area contributed by atoms with Gasteiger partial charge in [-0.05, 0) is 58.5 Å². The largest absolute Gasteiger partial charge is 0.492 e. The summed E-state index contributed by atoms with van der Waals surface area (Å²) < 4.78 is 5.84. The molecule has 2 rings (SSSR count). The van der Waals surface area contributed by atoms with Crippen LogP contribution in [0, 0.1) is 5.92 Å². The van der Waals surface area contributed by atoms with E-state index in [1.54, 1.807) is 0 Å². The fourth-order valence-electron chi connectivity index (χ4n) is 3.36. The Bertz CT molecular complexity index is 617. The van der Waals surface area contributed by atoms with Crippen molar-refractivity contribution in [3.63, 3.8) is 0 Å². The molecule has 0 spiro atoms. The van der Waals surface area contributed by atoms with Crippen molar-refractivity contribution >= 4 is 5.96 Å². The summed E-state index contributed by atoms with van der Waals surface area (Å²) >= 11 is 0. The van der Waals surface area contributed by atoms with Gasteiger partial charge >= 0.3 is 0 Å². The molecule has 1 heterocycles. The van der Waals surface area contributed by atoms with Crippen LogP contribution in [-0.2, 0) is 6.54 Å². The standard InChI is InChI=1S/C22H39N5O/c1-7-23-22(25-21-16-27(17(2)3)15-18(21)4)24-14-19-9-8-10-20(13-19)28-12-11-26(5)6/h8-10,13,17-18,21H,7,11-12,14-16H2,1-6H3,(H2,23,24,25). The molecule has 158 valence electrons. The van der Waals surface area contributed by atoms with E-state index in [0.717, 1.165) is 43.5 Å². The molecule has 2 atom stereocenters. The summed E-state index contributed by atoms with van der Waals surface area (Å²) in [6, 6.07) is 9.25. The number of nitrogens with one attached hydrogen (secondary N) is 2. The van der Waals surface area contributed by atoms with Gasteiger partial charge in [-0.2, -0.15) is 0 Å². The molecule has 1 aromatic rings. The number of rotatable bonds is 9. The molecule has 0 aromatic heterocycles. The Morgan fingerprint density at radius 1 is 1.32 bits per heavy atom. The van der Waals surface area contributed by atoms with E-state index in [-0.39, 0.29) is 0 Å². The third-order valence-corrected chi connectivity index (χ3v) is 5.16. The molecule has 2 N–H and O–H groups in total. The van der Waals surface area contributed by atoms with Gasteiger partial charge in [0.1, 0.15) is 12.4 Å². The van der Waals surface area contributed by atoms with E-state index < -0.39 is 0 Å². The van der Waals surface area contributed by atoms with Crippen LogP contribution in [0.2, 0.25) is 0 Å². The van der Waals surface area contributed by atoms with Crippen molar-refractivity contribution in [3.05, 3.63) is 29.8 Å². The van der Waals surface area contributed by atoms with Gasteiger partial charge in [-0.25, -0.2) is 4.99 Å². The van der Waals surface area contributed by atoms with E-state index in [1.807, 2.05) is 12.1 Å². The van der Waals surface area contributed by atoms with Crippen LogP contribution in [-0.4, -0.2) is 74.7 Å². The minimum absolute atomic E-state index is 0.431. The average molecular weight is 390 g/mol. The molecule has 2 unspecified atom stereocenters. The zero-order valence-electron chi connectivity index (χ0n) is 18.5. The van der Waals surface area contributed by atoms with Crippen molar-refractivity contribution in [2.24, 2.45) is 10.9 Å². The minimum Gasteiger partial charge on any atom is -0.492 e. The highest BCUT2D eigenvalue weighted by Gasteiger charge is 2.31. The maximum absolute atomic E-state index is 5.84. The summed E-state index contributed by atoms with van der Waals surface area (Å²) in [5.74, 6) is 2.41. The van der Waals surface area contributed by atoms with E-state index in [0.29, 0.717) is 31.2 Å². The molecule has 1 aliphatic heterocycles. The number of hydrogen-bond acceptors (Lipinski definition) is 4. The predicted molar refractivity (Wildman–Crippen MR) is 118 cm³/mol. The highest BCUT2D eigenvalue weighted by Crippen LogP contribution is 2.19. The smallest absolute Gasteiger partial charge is 0.191 e. The highest BCUT2D eigenvalue weighted by molar-refractivity contribution is 5.80. The monoisotopic (exact) mass is 389 g/mol. The van der Waals surface area contributed by atoms with Gasteiger partial charge in [-0.3, -0.25) is 4.90 Å². The van der Waals surface area contributed by atoms with Crippen LogP contribution in [0.1, 0.15) is 33.3 Å². The molecule has 0 aliphatic carbocycles. The van der Waals surface area contributed by atoms with E-state index in [9.17, 15) is 0 Å². The van der Waals surface area contributed by atoms with Gasteiger partial charge in [0, 0.05) is 38.3 Å². The fraction of sp³-hybridized carbons (Fsp3) is 0.682. The summed E-state index contributed by atoms with van der Waals surface area (Å²) in [6.07, 6.45) is 0. The second-order valence-electron chi connectivity index (χ2n) is 8.27. The third-order valence-electron chi connectivity index (χ3n) is 5.16. The predicted octanol–water partition coefficient (Wildman–Crippen LogP) is 2.41. The van der Waals surface area contributed by atoms with E-state index in [4.69, 9.17) is 9.73 Å². The number of guanidine groups is 1. The first kappa shape index (κ1) is 22.5. The molecule has 1 aliphatic rings. The van der Waals surface area contributed by atoms with Crippen LogP contribution in [0.5, 0.6) is 5.75 Å². The number of aliphatic imine (C=N–C) groups is 1. The number of nitrogens with zero attached hydrogens (tertiary/aromatic N) is 3. The lowest BCUT2D eigenvalue weighted by atomic mass is 10.1. The van der Waals surface area contributed by atoms with E-state index in [2.05, 4.69) is 74.4 Å². The molecular formula is C22H39N5O. The molecule has 1 aromatic carbocycles. The molecule has 28 heavy (non-hydrogen) atoms. The van der Waals surface area contributed by atoms with Crippen molar-refractivity contribution in [2.45, 2.75) is 46.3 Å². The zero-order valence-corrected chi connectivity index (χ0v) is 18.5. The van der Waals surface area contributed by atoms with Gasteiger partial charge in [0.15, 0.2) is 5.96 Å². The molecule has 0 amide bonds. The molecule has 1 saturated heterocycles. The van der Waals surface area contributed by atoms with Crippen LogP contribution in [0.25, 0.3) is 0 Å². The van der Waals surface area contributed by atoms with E-state index >= 15 is 0 Å². The molecule has 6 heteroatoms. The Labute approximate surface area is 171 Å². The van der Waals surface area contributed by atoms with Crippen molar-refractivity contribution in [1.29, 1.82) is 0 Å². The molecular weight excluding hydrogens is 350 g/mol. The topological polar surface area (TPSA) is 52.1 Å². The first-order valence-corrected chi connectivity index (χ1v) is 10.5. The summed E-state index contributed by atoms with van der Waals surface area (Å²) in [5, 5.41) is 7.03. The lowest BCUT2D eigenvalue weighted by Gasteiger charge is -2.22. The molecule has 0 saturated carbocycles. The average Bonchev–Trinajstić information content (AvgIpc) is 3.01. The van der Waals surface area contributed by atoms with Crippen molar-refractivity contribution < 1.29 is 4.74 Å². The Hall–Kier alpha value is -1.79. The van der Waals surface area contributed by atoms with Gasteiger partial charge < -0.3 is 20.3 Å². The fourth-order valence-corrected chi connectivity index (χ4v) is 3.36. The maximum atomic E-state index is 5.84. The summed E-state index contributed by atoms with van der Waals surface area (Å²) in [6.45, 7) is 14.2. The Morgan fingerprint density at radius 3 is 2.75 bits per heavy atom. The lowest BCUT2D eigenvalue weighted by Crippen LogP contribution is -2.46. The number of benzene rings is 1. The summed E-state index contributed by atoms with van der Waals surface area (Å²) in [4.78, 5) is 9.46. The van der Waals surface area contributed by atoms with Gasteiger partial charge in [-0.1, -0.05) is 19.1 Å². The second-order valence-corrected chi connectivity index (χ2v) is 8.27. The lowest BCUT2D eigenvalue weighted by molar-refractivity contribution is 0.261. The molecule has 6 nitrogen and oxygen atoms in total. The number of likely N-dealkylation sites (N-methyl/N-ethyl adjacent to an activating group) is 1. The number of likely N-dealkylation sites (tertiary alicyclic amines) is 1. The van der Waals surface area contributed by atoms with Gasteiger partial charge in [0.2, 0.25) is 0 Å². The second kappa shape index (κ2) is 11.3. The quantitative estimate of drug-likeness (QED) is 0.502. The maximum Gasteiger partial charge on any atom is 0.191 e. The SMILES string of the molecule is CCNC(=NCc1cccc(OCCN(C)C)c1)NC1CN(C(C)C)CC1C. The Morgan fingerprint density at radius 2 is 2.11 bits per heavy atom. The van der Waals surface area contributed by atoms with Crippen molar-refractivity contribution in [3.8, 4) is 5.75 Å². The van der Waals surface area contributed by atoms with Gasteiger partial charge in [0.25, 0.3) is 0 Å². The third kappa shape index (κ3) is 7.32. The van der Waals surface area contributed by atoms with Gasteiger partial charge in [-0.15, -0.1) is 0 Å². The molecule has 0 radical (unpaired) electrons.